The van der Waals surface area contributed by atoms with Crippen LogP contribution in [-0.2, 0) is 102 Å². The number of anilines is 1. The number of benzene rings is 1. The maximum absolute atomic E-state index is 14.4. The number of aliphatic hydroxyl groups is 3. The van der Waals surface area contributed by atoms with Crippen molar-refractivity contribution in [1.29, 1.82) is 0 Å². The van der Waals surface area contributed by atoms with Crippen LogP contribution in [0.25, 0.3) is 11.1 Å². The predicted octanol–water partition coefficient (Wildman–Crippen LogP) is 6.12. The van der Waals surface area contributed by atoms with E-state index < -0.39 is 186 Å². The third kappa shape index (κ3) is 20.3. The maximum atomic E-state index is 14.4. The van der Waals surface area contributed by atoms with E-state index in [1.165, 1.54) is 41.5 Å². The van der Waals surface area contributed by atoms with E-state index in [1.807, 2.05) is 58.8 Å². The van der Waals surface area contributed by atoms with Gasteiger partial charge in [0.1, 0.15) is 78.2 Å². The van der Waals surface area contributed by atoms with Crippen molar-refractivity contribution < 1.29 is 115 Å². The summed E-state index contributed by atoms with van der Waals surface area (Å²) in [5.74, 6) is -12.0. The number of ketones is 4. The Morgan fingerprint density at radius 3 is 1.68 bits per heavy atom. The van der Waals surface area contributed by atoms with Gasteiger partial charge in [0.15, 0.2) is 41.6 Å². The molecule has 5 N–H and O–H groups in total. The van der Waals surface area contributed by atoms with E-state index in [4.69, 9.17) is 67.1 Å². The number of nitrogens with two attached hydrogens (primary N) is 1. The molecular weight excluding hydrogens is 1380 g/mol. The molecule has 4 bridgehead atoms. The number of nitrogens with zero attached hydrogens (tertiary/aromatic N) is 5. The molecule has 30 heteroatoms. The Kier molecular flexibility index (Phi) is 29.7. The molecule has 106 heavy (non-hydrogen) atoms. The second kappa shape index (κ2) is 36.1. The fourth-order valence-corrected chi connectivity index (χ4v) is 16.3. The highest BCUT2D eigenvalue weighted by Gasteiger charge is 2.57. The van der Waals surface area contributed by atoms with Crippen LogP contribution >= 0.6 is 0 Å². The van der Waals surface area contributed by atoms with Crippen molar-refractivity contribution in [3.63, 3.8) is 0 Å². The van der Waals surface area contributed by atoms with Crippen LogP contribution in [0, 0.1) is 47.3 Å². The lowest BCUT2D eigenvalue weighted by Crippen LogP contribution is -2.60. The Hall–Kier alpha value is -6.13. The number of rotatable bonds is 12. The van der Waals surface area contributed by atoms with E-state index >= 15 is 0 Å². The Morgan fingerprint density at radius 2 is 1.15 bits per heavy atom. The van der Waals surface area contributed by atoms with Crippen LogP contribution in [0.4, 0.5) is 6.01 Å². The number of aliphatic hydroxyl groups excluding tert-OH is 1. The number of oxime groups is 1. The van der Waals surface area contributed by atoms with Crippen LogP contribution in [0.15, 0.2) is 32.8 Å². The summed E-state index contributed by atoms with van der Waals surface area (Å²) in [5, 5.41) is 40.2. The van der Waals surface area contributed by atoms with Crippen LogP contribution in [-0.4, -0.2) is 251 Å². The zero-order valence-corrected chi connectivity index (χ0v) is 65.9. The lowest BCUT2D eigenvalue weighted by atomic mass is 9.73. The second-order valence-corrected chi connectivity index (χ2v) is 31.5. The molecule has 30 nitrogen and oxygen atoms in total. The van der Waals surface area contributed by atoms with Crippen molar-refractivity contribution in [3.8, 4) is 0 Å². The quantitative estimate of drug-likeness (QED) is 0.0805. The number of fused-ring (bicyclic) bond motifs is 11. The number of hydrogen-bond donors (Lipinski definition) is 4. The summed E-state index contributed by atoms with van der Waals surface area (Å²) in [6, 6.07) is 4.68. The number of aliphatic imine (C=N–C) groups is 1. The molecule has 6 aliphatic rings. The fourth-order valence-electron chi connectivity index (χ4n) is 16.3. The van der Waals surface area contributed by atoms with Crippen molar-refractivity contribution in [1.82, 2.24) is 14.8 Å². The Morgan fingerprint density at radius 1 is 0.651 bits per heavy atom. The minimum Gasteiger partial charge on any atom is -0.459 e. The average Bonchev–Trinajstić information content (AvgIpc) is 1.19. The summed E-state index contributed by atoms with van der Waals surface area (Å²) in [5.41, 5.74) is 1.51. The number of esters is 3. The normalized spacial score (nSPS) is 40.3. The van der Waals surface area contributed by atoms with E-state index in [0.717, 1.165) is 5.56 Å². The molecule has 0 radical (unpaired) electrons. The van der Waals surface area contributed by atoms with Gasteiger partial charge in [-0.05, 0) is 146 Å². The number of hydrogen-bond acceptors (Lipinski definition) is 29. The number of aromatic nitrogens is 1. The third-order valence-electron chi connectivity index (χ3n) is 22.1. The minimum atomic E-state index is -1.88. The molecule has 26 atom stereocenters. The first-order valence-corrected chi connectivity index (χ1v) is 37.1. The van der Waals surface area contributed by atoms with Crippen molar-refractivity contribution in [2.45, 2.75) is 278 Å². The summed E-state index contributed by atoms with van der Waals surface area (Å²) in [7, 11) is 7.42. The van der Waals surface area contributed by atoms with Gasteiger partial charge in [-0.1, -0.05) is 66.6 Å². The van der Waals surface area contributed by atoms with Gasteiger partial charge in [0.2, 0.25) is 5.91 Å². The smallest absolute Gasteiger partial charge is 0.316 e. The molecule has 0 saturated carbocycles. The van der Waals surface area contributed by atoms with E-state index in [0.29, 0.717) is 29.7 Å². The van der Waals surface area contributed by atoms with Crippen molar-refractivity contribution >= 4 is 75.5 Å². The summed E-state index contributed by atoms with van der Waals surface area (Å²) in [6.45, 7) is 28.0. The monoisotopic (exact) mass is 1500 g/mol. The summed E-state index contributed by atoms with van der Waals surface area (Å²) < 4.78 is 74.5. The van der Waals surface area contributed by atoms with E-state index in [1.54, 1.807) is 80.5 Å². The van der Waals surface area contributed by atoms with Gasteiger partial charge in [0.05, 0.1) is 67.1 Å². The molecule has 6 aliphatic heterocycles. The summed E-state index contributed by atoms with van der Waals surface area (Å²) in [6.07, 6.45) is -10.5. The number of Topliss-reactive ketones (excluding diaryl/α,β-unsaturated/α-hetero) is 4. The number of likely N-dealkylation sites (N-methyl/N-ethyl adjacent to an activating group) is 2. The molecule has 7 heterocycles. The summed E-state index contributed by atoms with van der Waals surface area (Å²) >= 11 is 0. The van der Waals surface area contributed by atoms with Gasteiger partial charge in [0.25, 0.3) is 6.01 Å². The highest BCUT2D eigenvalue weighted by Crippen LogP contribution is 2.43. The van der Waals surface area contributed by atoms with Crippen LogP contribution in [0.1, 0.15) is 169 Å². The van der Waals surface area contributed by atoms with Crippen molar-refractivity contribution in [2.24, 2.45) is 57.5 Å². The number of ether oxygens (including phenoxy) is 11. The van der Waals surface area contributed by atoms with Crippen molar-refractivity contribution in [2.75, 3.05) is 60.4 Å². The Bertz CT molecular complexity index is 3490. The van der Waals surface area contributed by atoms with Gasteiger partial charge in [-0.15, -0.1) is 0 Å². The van der Waals surface area contributed by atoms with Crippen molar-refractivity contribution in [3.05, 3.63) is 23.8 Å². The largest absolute Gasteiger partial charge is 0.459 e. The van der Waals surface area contributed by atoms with E-state index in [2.05, 4.69) is 15.1 Å². The lowest BCUT2D eigenvalue weighted by Gasteiger charge is -2.48. The molecule has 6 fully saturated rings. The first-order chi connectivity index (χ1) is 49.4. The molecular formula is C76H118N6O24. The molecule has 1 aromatic carbocycles. The second-order valence-electron chi connectivity index (χ2n) is 31.5. The Labute approximate surface area is 622 Å². The molecule has 6 saturated heterocycles. The van der Waals surface area contributed by atoms with Crippen LogP contribution in [0.5, 0.6) is 0 Å². The number of oxazole rings is 1. The number of cyclic esters (lactones) is 2. The number of carbonyl (C=O) groups excluding carboxylic acids is 8. The molecule has 2 aromatic rings. The Balaban J connectivity index is 0.000000298. The zero-order chi connectivity index (χ0) is 79.2. The van der Waals surface area contributed by atoms with E-state index in [9.17, 15) is 53.7 Å². The fraction of sp³-hybridized carbons (Fsp3) is 0.776. The molecule has 1 amide bonds. The average molecular weight is 1500 g/mol. The van der Waals surface area contributed by atoms with Crippen LogP contribution < -0.4 is 5.73 Å². The van der Waals surface area contributed by atoms with Crippen LogP contribution in [0.2, 0.25) is 0 Å². The molecule has 596 valence electrons. The molecule has 0 spiro atoms. The number of carbonyl (C=O) groups is 8. The van der Waals surface area contributed by atoms with Crippen LogP contribution in [0.3, 0.4) is 0 Å². The SMILES string of the molecule is CC[C@H]1OC(=O)[C@H](C)C(=O)[C@H](C)[C@@H](O[C@@H]2O[C@H](C)C[C@H](N(C)C)[C@H]2O)[C@@]2(C)C[C@@H](C)C(=O)[C@H](C)[C@@H](OCC(=NOCc3ccc4oc(N)nc4c3)CO2)[C@]1(C)O.CC[C@H]1OC(=O)[C@H](C)C(=O)[C@H](C)[C@@H](O[C@@H]2O[C@H](C)C[C@H](N(C)C)[C@H]2OC(C)=O)[C@@]2(C)C[C@@H](C)C(=NC(C)=O)[C@H](C)[C@@H](OCC(=O)CO2)[C@]1(C)O. The molecule has 8 rings (SSSR count). The zero-order valence-electron chi connectivity index (χ0n) is 65.9. The standard InChI is InChI=1S/C40H60N4O12.C36H58N2O12/c1-11-30-40(8,49)35-22(4)31(45)20(2)16-39(7,51-19-26(18-50-35)43-52-17-25-12-13-29-27(15-25)42-38(41)54-29)34(23(5)32(46)24(6)36(48)55-30)56-37-33(47)28(44(9)10)14-21(3)53-37;1-13-27-36(10,44)32-20(4)28(37-23(7)39)18(2)15-35(9,46-17-25(41)16-45-32)31(21(5)29(42)22(6)33(43)49-27)50-34-30(48-24(8)40)26(38(11)12)14-19(3)47-34/h12-13,15,20-24,28,30,33-35,37,47,49H,11,14,16-19H2,1-10H3,(H2,41,42);18-22,26-27,30-32,34,44H,13-17H2,1-12H3/t20-,21-,22+,23+,24-,28+,30-,33-,34-,35-,37+,39-,40-;18-,19-,20+,21+,22-,26+,27-,30-,31-,32-,34+,35-,36-/m11/s1. The summed E-state index contributed by atoms with van der Waals surface area (Å²) in [4.78, 5) is 127. The number of amides is 1. The molecule has 0 unspecified atom stereocenters. The van der Waals surface area contributed by atoms with Gasteiger partial charge in [0, 0.05) is 55.2 Å². The van der Waals surface area contributed by atoms with Gasteiger partial charge in [-0.2, -0.15) is 4.98 Å². The first-order valence-electron chi connectivity index (χ1n) is 37.1. The van der Waals surface area contributed by atoms with E-state index in [-0.39, 0.29) is 87.3 Å². The topological polar surface area (TPSA) is 391 Å². The van der Waals surface area contributed by atoms with Gasteiger partial charge >= 0.3 is 17.9 Å². The third-order valence-corrected chi connectivity index (χ3v) is 22.1. The highest BCUT2D eigenvalue weighted by molar-refractivity contribution is 6.01. The van der Waals surface area contributed by atoms with Gasteiger partial charge in [-0.3, -0.25) is 38.4 Å². The van der Waals surface area contributed by atoms with Gasteiger partial charge in [-0.25, -0.2) is 4.99 Å². The molecule has 1 aromatic heterocycles. The minimum absolute atomic E-state index is 0.0295. The highest BCUT2D eigenvalue weighted by atomic mass is 16.7. The lowest BCUT2D eigenvalue weighted by molar-refractivity contribution is -0.299. The maximum Gasteiger partial charge on any atom is 0.316 e. The molecule has 0 aliphatic carbocycles. The van der Waals surface area contributed by atoms with Gasteiger partial charge < -0.3 is 92.2 Å². The number of nitrogen functional groups attached to an aromatic ring is 1. The first kappa shape index (κ1) is 87.1. The predicted molar refractivity (Wildman–Crippen MR) is 385 cm³/mol.